The summed E-state index contributed by atoms with van der Waals surface area (Å²) >= 11 is 0. The summed E-state index contributed by atoms with van der Waals surface area (Å²) in [6.07, 6.45) is 4.83. The van der Waals surface area contributed by atoms with E-state index in [4.69, 9.17) is 0 Å². The summed E-state index contributed by atoms with van der Waals surface area (Å²) < 4.78 is 0. The number of aromatic nitrogens is 4. The molecule has 3 heterocycles. The Bertz CT molecular complexity index is 878. The fraction of sp³-hybridized carbons (Fsp3) is 0.312. The number of fused-ring (bicyclic) bond motifs is 1. The molecule has 0 unspecified atom stereocenters. The van der Waals surface area contributed by atoms with E-state index in [0.717, 1.165) is 31.4 Å². The predicted octanol–water partition coefficient (Wildman–Crippen LogP) is 2.68. The van der Waals surface area contributed by atoms with E-state index in [0.29, 0.717) is 22.7 Å². The van der Waals surface area contributed by atoms with Gasteiger partial charge in [-0.05, 0) is 31.4 Å². The van der Waals surface area contributed by atoms with Gasteiger partial charge in [0.2, 0.25) is 0 Å². The third-order valence-electron chi connectivity index (χ3n) is 4.23. The Morgan fingerprint density at radius 2 is 2.08 bits per heavy atom. The lowest BCUT2D eigenvalue weighted by atomic mass is 10.1. The standard InChI is InChI=1S/C16H18N6O2/c23-10-4-5-11-12(8-10)19-15(18-11)14-13(9-17-21-14)20-16(24)22-6-2-1-3-7-22/h4-5,8-9,23H,1-3,6-7H2,(H,17,21)(H,18,19)(H,20,24). The number of carbonyl (C=O) groups excluding carboxylic acids is 1. The lowest BCUT2D eigenvalue weighted by Gasteiger charge is -2.26. The molecule has 0 bridgehead atoms. The van der Waals surface area contributed by atoms with Gasteiger partial charge in [-0.15, -0.1) is 0 Å². The lowest BCUT2D eigenvalue weighted by Crippen LogP contribution is -2.38. The highest BCUT2D eigenvalue weighted by molar-refractivity contribution is 5.93. The molecular formula is C16H18N6O2. The molecule has 0 spiro atoms. The largest absolute Gasteiger partial charge is 0.508 e. The third-order valence-corrected chi connectivity index (χ3v) is 4.23. The smallest absolute Gasteiger partial charge is 0.321 e. The minimum absolute atomic E-state index is 0.119. The van der Waals surface area contributed by atoms with Crippen LogP contribution in [0.3, 0.4) is 0 Å². The number of benzene rings is 1. The molecular weight excluding hydrogens is 308 g/mol. The second-order valence-corrected chi connectivity index (χ2v) is 5.92. The minimum Gasteiger partial charge on any atom is -0.508 e. The fourth-order valence-electron chi connectivity index (χ4n) is 2.97. The number of amides is 2. The van der Waals surface area contributed by atoms with Gasteiger partial charge in [-0.3, -0.25) is 5.10 Å². The van der Waals surface area contributed by atoms with Crippen molar-refractivity contribution in [2.75, 3.05) is 18.4 Å². The number of nitrogens with zero attached hydrogens (tertiary/aromatic N) is 3. The van der Waals surface area contributed by atoms with E-state index in [1.807, 2.05) is 4.90 Å². The van der Waals surface area contributed by atoms with E-state index in [9.17, 15) is 9.90 Å². The minimum atomic E-state index is -0.119. The molecule has 1 aromatic carbocycles. The Balaban J connectivity index is 1.60. The number of phenols is 1. The van der Waals surface area contributed by atoms with Crippen molar-refractivity contribution in [2.24, 2.45) is 0 Å². The number of likely N-dealkylation sites (tertiary alicyclic amines) is 1. The van der Waals surface area contributed by atoms with E-state index >= 15 is 0 Å². The summed E-state index contributed by atoms with van der Waals surface area (Å²) in [6, 6.07) is 4.80. The third kappa shape index (κ3) is 2.66. The molecule has 1 aliphatic rings. The summed E-state index contributed by atoms with van der Waals surface area (Å²) in [5, 5.41) is 19.3. The second-order valence-electron chi connectivity index (χ2n) is 5.92. The van der Waals surface area contributed by atoms with Crippen molar-refractivity contribution < 1.29 is 9.90 Å². The molecule has 24 heavy (non-hydrogen) atoms. The van der Waals surface area contributed by atoms with E-state index < -0.39 is 0 Å². The monoisotopic (exact) mass is 326 g/mol. The summed E-state index contributed by atoms with van der Waals surface area (Å²) in [4.78, 5) is 21.8. The Morgan fingerprint density at radius 1 is 1.25 bits per heavy atom. The van der Waals surface area contributed by atoms with E-state index in [2.05, 4.69) is 25.5 Å². The van der Waals surface area contributed by atoms with Crippen LogP contribution >= 0.6 is 0 Å². The van der Waals surface area contributed by atoms with Gasteiger partial charge in [0.05, 0.1) is 22.9 Å². The molecule has 2 aromatic heterocycles. The van der Waals surface area contributed by atoms with Crippen molar-refractivity contribution in [3.8, 4) is 17.3 Å². The Morgan fingerprint density at radius 3 is 2.92 bits per heavy atom. The van der Waals surface area contributed by atoms with Crippen LogP contribution in [0.4, 0.5) is 10.5 Å². The number of urea groups is 1. The number of imidazole rings is 1. The van der Waals surface area contributed by atoms with Crippen molar-refractivity contribution in [1.29, 1.82) is 0 Å². The quantitative estimate of drug-likeness (QED) is 0.580. The number of aromatic amines is 2. The Labute approximate surface area is 137 Å². The topological polar surface area (TPSA) is 110 Å². The van der Waals surface area contributed by atoms with Gasteiger partial charge in [-0.1, -0.05) is 0 Å². The second kappa shape index (κ2) is 5.88. The maximum absolute atomic E-state index is 12.4. The highest BCUT2D eigenvalue weighted by atomic mass is 16.3. The average molecular weight is 326 g/mol. The first kappa shape index (κ1) is 14.6. The molecule has 4 rings (SSSR count). The first-order chi connectivity index (χ1) is 11.7. The van der Waals surface area contributed by atoms with E-state index in [-0.39, 0.29) is 11.8 Å². The molecule has 4 N–H and O–H groups in total. The van der Waals surface area contributed by atoms with Gasteiger partial charge in [-0.25, -0.2) is 9.78 Å². The number of piperidine rings is 1. The lowest BCUT2D eigenvalue weighted by molar-refractivity contribution is 0.200. The maximum Gasteiger partial charge on any atom is 0.321 e. The van der Waals surface area contributed by atoms with Gasteiger partial charge in [0.15, 0.2) is 5.82 Å². The molecule has 0 atom stereocenters. The molecule has 8 nitrogen and oxygen atoms in total. The molecule has 0 radical (unpaired) electrons. The van der Waals surface area contributed by atoms with Crippen LogP contribution in [0.2, 0.25) is 0 Å². The molecule has 1 saturated heterocycles. The number of hydrogen-bond donors (Lipinski definition) is 4. The van der Waals surface area contributed by atoms with Crippen LogP contribution in [0.25, 0.3) is 22.6 Å². The van der Waals surface area contributed by atoms with Gasteiger partial charge in [-0.2, -0.15) is 5.10 Å². The molecule has 8 heteroatoms. The molecule has 2 amide bonds. The zero-order valence-corrected chi connectivity index (χ0v) is 13.0. The highest BCUT2D eigenvalue weighted by Crippen LogP contribution is 2.27. The molecule has 124 valence electrons. The van der Waals surface area contributed by atoms with Crippen LogP contribution in [0, 0.1) is 0 Å². The number of H-pyrrole nitrogens is 2. The van der Waals surface area contributed by atoms with Crippen LogP contribution < -0.4 is 5.32 Å². The molecule has 0 aliphatic carbocycles. The first-order valence-electron chi connectivity index (χ1n) is 7.99. The van der Waals surface area contributed by atoms with Crippen molar-refractivity contribution >= 4 is 22.8 Å². The van der Waals surface area contributed by atoms with Crippen molar-refractivity contribution in [3.05, 3.63) is 24.4 Å². The van der Waals surface area contributed by atoms with Crippen molar-refractivity contribution in [2.45, 2.75) is 19.3 Å². The Hall–Kier alpha value is -3.03. The average Bonchev–Trinajstić information content (AvgIpc) is 3.21. The highest BCUT2D eigenvalue weighted by Gasteiger charge is 2.19. The Kier molecular flexibility index (Phi) is 3.56. The number of rotatable bonds is 2. The zero-order chi connectivity index (χ0) is 16.5. The summed E-state index contributed by atoms with van der Waals surface area (Å²) in [5.74, 6) is 0.725. The number of anilines is 1. The van der Waals surface area contributed by atoms with Crippen molar-refractivity contribution in [3.63, 3.8) is 0 Å². The summed E-state index contributed by atoms with van der Waals surface area (Å²) in [6.45, 7) is 1.56. The van der Waals surface area contributed by atoms with E-state index in [1.54, 1.807) is 24.4 Å². The number of hydrogen-bond acceptors (Lipinski definition) is 4. The van der Waals surface area contributed by atoms with Crippen LogP contribution in [-0.2, 0) is 0 Å². The number of phenolic OH excluding ortho intramolecular Hbond substituents is 1. The fourth-order valence-corrected chi connectivity index (χ4v) is 2.97. The number of carbonyl (C=O) groups is 1. The van der Waals surface area contributed by atoms with Crippen LogP contribution in [0.15, 0.2) is 24.4 Å². The van der Waals surface area contributed by atoms with Crippen LogP contribution in [0.5, 0.6) is 5.75 Å². The van der Waals surface area contributed by atoms with Gasteiger partial charge in [0.1, 0.15) is 11.4 Å². The van der Waals surface area contributed by atoms with Gasteiger partial charge < -0.3 is 20.3 Å². The van der Waals surface area contributed by atoms with Crippen LogP contribution in [-0.4, -0.2) is 49.3 Å². The van der Waals surface area contributed by atoms with Gasteiger partial charge in [0, 0.05) is 19.2 Å². The van der Waals surface area contributed by atoms with Gasteiger partial charge in [0.25, 0.3) is 0 Å². The SMILES string of the molecule is O=C(Nc1cn[nH]c1-c1nc2ccc(O)cc2[nH]1)N1CCCCC1. The summed E-state index contributed by atoms with van der Waals surface area (Å²) in [7, 11) is 0. The normalized spacial score (nSPS) is 14.9. The molecule has 1 aliphatic heterocycles. The molecule has 3 aromatic rings. The maximum atomic E-state index is 12.4. The van der Waals surface area contributed by atoms with Crippen LogP contribution in [0.1, 0.15) is 19.3 Å². The first-order valence-corrected chi connectivity index (χ1v) is 7.99. The van der Waals surface area contributed by atoms with Gasteiger partial charge >= 0.3 is 6.03 Å². The number of aromatic hydroxyl groups is 1. The molecule has 0 saturated carbocycles. The summed E-state index contributed by atoms with van der Waals surface area (Å²) in [5.41, 5.74) is 2.63. The number of nitrogens with one attached hydrogen (secondary N) is 3. The van der Waals surface area contributed by atoms with Crippen molar-refractivity contribution in [1.82, 2.24) is 25.1 Å². The predicted molar refractivity (Wildman–Crippen MR) is 89.8 cm³/mol. The zero-order valence-electron chi connectivity index (χ0n) is 13.0. The molecule has 1 fully saturated rings. The van der Waals surface area contributed by atoms with E-state index in [1.165, 1.54) is 6.42 Å².